The minimum Gasteiger partial charge on any atom is -0.497 e. The van der Waals surface area contributed by atoms with E-state index in [1.807, 2.05) is 47.4 Å². The Morgan fingerprint density at radius 2 is 1.61 bits per heavy atom. The van der Waals surface area contributed by atoms with Crippen LogP contribution in [0, 0.1) is 0 Å². The van der Waals surface area contributed by atoms with Crippen LogP contribution in [-0.4, -0.2) is 67.9 Å². The highest BCUT2D eigenvalue weighted by atomic mass is 35.5. The van der Waals surface area contributed by atoms with E-state index >= 15 is 0 Å². The van der Waals surface area contributed by atoms with Gasteiger partial charge in [-0.1, -0.05) is 48.0 Å². The number of carbonyl (C=O) groups excluding carboxylic acids is 3. The lowest BCUT2D eigenvalue weighted by Crippen LogP contribution is -2.36. The van der Waals surface area contributed by atoms with Gasteiger partial charge in [0.15, 0.2) is 0 Å². The Kier molecular flexibility index (Phi) is 9.82. The van der Waals surface area contributed by atoms with E-state index in [9.17, 15) is 14.4 Å². The molecule has 1 aliphatic heterocycles. The molecule has 0 aromatic heterocycles. The second kappa shape index (κ2) is 14.1. The minimum absolute atomic E-state index is 0.0435. The van der Waals surface area contributed by atoms with Gasteiger partial charge < -0.3 is 24.8 Å². The minimum atomic E-state index is -0.307. The molecule has 1 saturated heterocycles. The standard InChI is InChI=1S/C35H35ClN4O4/c1-38(24-25-8-4-3-5-9-25)35(43)31-23-29(37-33(41)27-10-6-11-30(22-27)44-2)16-17-32(31)39-18-7-19-40(21-20-39)34(42)26-12-14-28(36)15-13-26/h3-6,8-17,22-23H,7,18-21,24H2,1-2H3,(H,37,41). The summed E-state index contributed by atoms with van der Waals surface area (Å²) in [6, 6.07) is 29.0. The maximum atomic E-state index is 14.0. The Morgan fingerprint density at radius 3 is 2.36 bits per heavy atom. The lowest BCUT2D eigenvalue weighted by atomic mass is 10.1. The Bertz CT molecular complexity index is 1630. The summed E-state index contributed by atoms with van der Waals surface area (Å²) in [4.78, 5) is 45.9. The molecular weight excluding hydrogens is 576 g/mol. The van der Waals surface area contributed by atoms with E-state index in [2.05, 4.69) is 10.2 Å². The third-order valence-corrected chi connectivity index (χ3v) is 7.89. The van der Waals surface area contributed by atoms with Gasteiger partial charge in [0.05, 0.1) is 12.7 Å². The second-order valence-corrected chi connectivity index (χ2v) is 11.1. The summed E-state index contributed by atoms with van der Waals surface area (Å²) >= 11 is 6.01. The van der Waals surface area contributed by atoms with E-state index < -0.39 is 0 Å². The maximum Gasteiger partial charge on any atom is 0.256 e. The number of halogens is 1. The highest BCUT2D eigenvalue weighted by Crippen LogP contribution is 2.28. The summed E-state index contributed by atoms with van der Waals surface area (Å²) in [5.74, 6) is 0.0626. The van der Waals surface area contributed by atoms with E-state index in [-0.39, 0.29) is 17.7 Å². The third-order valence-electron chi connectivity index (χ3n) is 7.64. The fourth-order valence-corrected chi connectivity index (χ4v) is 5.43. The average molecular weight is 611 g/mol. The van der Waals surface area contributed by atoms with Crippen LogP contribution in [0.2, 0.25) is 5.02 Å². The van der Waals surface area contributed by atoms with Crippen molar-refractivity contribution in [2.75, 3.05) is 50.6 Å². The summed E-state index contributed by atoms with van der Waals surface area (Å²) in [7, 11) is 3.32. The second-order valence-electron chi connectivity index (χ2n) is 10.7. The molecular formula is C35H35ClN4O4. The quantitative estimate of drug-likeness (QED) is 0.256. The van der Waals surface area contributed by atoms with Gasteiger partial charge in [0.2, 0.25) is 0 Å². The molecule has 3 amide bonds. The molecule has 9 heteroatoms. The average Bonchev–Trinajstić information content (AvgIpc) is 3.31. The maximum absolute atomic E-state index is 14.0. The fraction of sp³-hybridized carbons (Fsp3) is 0.229. The van der Waals surface area contributed by atoms with Crippen LogP contribution in [0.15, 0.2) is 97.1 Å². The first-order chi connectivity index (χ1) is 21.3. The molecule has 1 heterocycles. The van der Waals surface area contributed by atoms with Gasteiger partial charge in [0.25, 0.3) is 17.7 Å². The van der Waals surface area contributed by atoms with Crippen LogP contribution < -0.4 is 15.0 Å². The van der Waals surface area contributed by atoms with E-state index in [0.29, 0.717) is 65.9 Å². The molecule has 4 aromatic carbocycles. The molecule has 1 fully saturated rings. The number of rotatable bonds is 8. The molecule has 0 unspecified atom stereocenters. The van der Waals surface area contributed by atoms with Gasteiger partial charge >= 0.3 is 0 Å². The van der Waals surface area contributed by atoms with Crippen molar-refractivity contribution >= 4 is 40.7 Å². The van der Waals surface area contributed by atoms with Gasteiger partial charge in [0, 0.05) is 67.3 Å². The normalized spacial score (nSPS) is 13.2. The summed E-state index contributed by atoms with van der Waals surface area (Å²) in [6.07, 6.45) is 0.737. The van der Waals surface area contributed by atoms with Gasteiger partial charge in [-0.15, -0.1) is 0 Å². The largest absolute Gasteiger partial charge is 0.497 e. The highest BCUT2D eigenvalue weighted by molar-refractivity contribution is 6.30. The summed E-state index contributed by atoms with van der Waals surface area (Å²) < 4.78 is 5.26. The van der Waals surface area contributed by atoms with Crippen LogP contribution in [0.25, 0.3) is 0 Å². The number of anilines is 2. The molecule has 8 nitrogen and oxygen atoms in total. The number of nitrogens with one attached hydrogen (secondary N) is 1. The molecule has 0 atom stereocenters. The number of nitrogens with zero attached hydrogens (tertiary/aromatic N) is 3. The number of amides is 3. The van der Waals surface area contributed by atoms with E-state index in [1.165, 1.54) is 0 Å². The predicted molar refractivity (Wildman–Crippen MR) is 174 cm³/mol. The van der Waals surface area contributed by atoms with Crippen molar-refractivity contribution in [1.82, 2.24) is 9.80 Å². The van der Waals surface area contributed by atoms with Crippen LogP contribution in [0.5, 0.6) is 5.75 Å². The molecule has 226 valence electrons. The molecule has 0 radical (unpaired) electrons. The van der Waals surface area contributed by atoms with Crippen molar-refractivity contribution in [3.05, 3.63) is 124 Å². The van der Waals surface area contributed by atoms with Crippen molar-refractivity contribution < 1.29 is 19.1 Å². The first kappa shape index (κ1) is 30.6. The molecule has 0 aliphatic carbocycles. The number of ether oxygens (including phenoxy) is 1. The Balaban J connectivity index is 1.39. The van der Waals surface area contributed by atoms with Crippen molar-refractivity contribution in [2.45, 2.75) is 13.0 Å². The lowest BCUT2D eigenvalue weighted by Gasteiger charge is -2.28. The molecule has 0 spiro atoms. The Hall–Kier alpha value is -4.82. The Labute approximate surface area is 262 Å². The molecule has 44 heavy (non-hydrogen) atoms. The van der Waals surface area contributed by atoms with Gasteiger partial charge in [0.1, 0.15) is 5.75 Å². The SMILES string of the molecule is COc1cccc(C(=O)Nc2ccc(N3CCCN(C(=O)c4ccc(Cl)cc4)CC3)c(C(=O)N(C)Cc3ccccc3)c2)c1. The van der Waals surface area contributed by atoms with Gasteiger partial charge in [-0.2, -0.15) is 0 Å². The number of benzene rings is 4. The first-order valence-corrected chi connectivity index (χ1v) is 14.9. The topological polar surface area (TPSA) is 82.2 Å². The van der Waals surface area contributed by atoms with E-state index in [0.717, 1.165) is 17.7 Å². The smallest absolute Gasteiger partial charge is 0.256 e. The molecule has 0 bridgehead atoms. The third kappa shape index (κ3) is 7.38. The van der Waals surface area contributed by atoms with Crippen molar-refractivity contribution in [3.63, 3.8) is 0 Å². The van der Waals surface area contributed by atoms with E-state index in [1.54, 1.807) is 73.7 Å². The van der Waals surface area contributed by atoms with Crippen molar-refractivity contribution in [3.8, 4) is 5.75 Å². The van der Waals surface area contributed by atoms with Crippen LogP contribution >= 0.6 is 11.6 Å². The number of carbonyl (C=O) groups is 3. The summed E-state index contributed by atoms with van der Waals surface area (Å²) in [6.45, 7) is 2.76. The van der Waals surface area contributed by atoms with Gasteiger partial charge in [-0.25, -0.2) is 0 Å². The number of hydrogen-bond donors (Lipinski definition) is 1. The lowest BCUT2D eigenvalue weighted by molar-refractivity contribution is 0.0763. The molecule has 1 N–H and O–H groups in total. The Morgan fingerprint density at radius 1 is 0.841 bits per heavy atom. The number of methoxy groups -OCH3 is 1. The molecule has 0 saturated carbocycles. The van der Waals surface area contributed by atoms with Crippen LogP contribution in [0.4, 0.5) is 11.4 Å². The zero-order chi connectivity index (χ0) is 31.1. The summed E-state index contributed by atoms with van der Waals surface area (Å²) in [5, 5.41) is 3.52. The zero-order valence-electron chi connectivity index (χ0n) is 24.8. The van der Waals surface area contributed by atoms with Gasteiger partial charge in [-0.05, 0) is 72.6 Å². The molecule has 4 aromatic rings. The monoisotopic (exact) mass is 610 g/mol. The molecule has 5 rings (SSSR count). The zero-order valence-corrected chi connectivity index (χ0v) is 25.6. The van der Waals surface area contributed by atoms with Crippen LogP contribution in [0.1, 0.15) is 43.1 Å². The van der Waals surface area contributed by atoms with E-state index in [4.69, 9.17) is 16.3 Å². The number of hydrogen-bond acceptors (Lipinski definition) is 5. The predicted octanol–water partition coefficient (Wildman–Crippen LogP) is 6.23. The molecule has 1 aliphatic rings. The van der Waals surface area contributed by atoms with Crippen LogP contribution in [-0.2, 0) is 6.54 Å². The van der Waals surface area contributed by atoms with Crippen LogP contribution in [0.3, 0.4) is 0 Å². The first-order valence-electron chi connectivity index (χ1n) is 14.5. The highest BCUT2D eigenvalue weighted by Gasteiger charge is 2.25. The van der Waals surface area contributed by atoms with Gasteiger partial charge in [-0.3, -0.25) is 14.4 Å². The van der Waals surface area contributed by atoms with Crippen molar-refractivity contribution in [1.29, 1.82) is 0 Å². The fourth-order valence-electron chi connectivity index (χ4n) is 5.30. The summed E-state index contributed by atoms with van der Waals surface area (Å²) in [5.41, 5.74) is 3.79. The van der Waals surface area contributed by atoms with Crippen molar-refractivity contribution in [2.24, 2.45) is 0 Å².